The van der Waals surface area contributed by atoms with Gasteiger partial charge in [-0.1, -0.05) is 62.2 Å². The first-order valence-electron chi connectivity index (χ1n) is 10.7. The topological polar surface area (TPSA) is 86.8 Å². The Morgan fingerprint density at radius 2 is 1.56 bits per heavy atom. The first-order chi connectivity index (χ1) is 15.7. The molecule has 0 aliphatic heterocycles. The van der Waals surface area contributed by atoms with E-state index in [1.54, 1.807) is 37.3 Å². The number of carbonyl (C=O) groups is 2. The maximum absolute atomic E-state index is 13.4. The normalized spacial score (nSPS) is 12.7. The Labute approximate surface area is 212 Å². The number of nitrogens with zero attached hydrogens (tertiary/aromatic N) is 2. The molecule has 0 radical (unpaired) electrons. The van der Waals surface area contributed by atoms with Gasteiger partial charge in [-0.05, 0) is 42.2 Å². The van der Waals surface area contributed by atoms with Gasteiger partial charge in [-0.2, -0.15) is 0 Å². The van der Waals surface area contributed by atoms with Crippen LogP contribution in [0, 0.1) is 0 Å². The minimum absolute atomic E-state index is 0.0630. The fraction of sp³-hybridized carbons (Fsp3) is 0.417. The summed E-state index contributed by atoms with van der Waals surface area (Å²) in [6.07, 6.45) is 1.04. The van der Waals surface area contributed by atoms with Gasteiger partial charge in [0, 0.05) is 29.2 Å². The first kappa shape index (κ1) is 28.0. The predicted octanol–water partition coefficient (Wildman–Crippen LogP) is 4.22. The second-order valence-corrected chi connectivity index (χ2v) is 11.8. The summed E-state index contributed by atoms with van der Waals surface area (Å²) in [7, 11) is -2.34. The minimum Gasteiger partial charge on any atom is -0.357 e. The molecule has 0 saturated carbocycles. The van der Waals surface area contributed by atoms with Crippen LogP contribution >= 0.6 is 23.2 Å². The number of halogens is 2. The third-order valence-corrected chi connectivity index (χ3v) is 7.35. The van der Waals surface area contributed by atoms with Gasteiger partial charge in [0.2, 0.25) is 21.8 Å². The maximum Gasteiger partial charge on any atom is 0.244 e. The Bertz CT molecular complexity index is 1130. The number of rotatable bonds is 8. The van der Waals surface area contributed by atoms with Crippen molar-refractivity contribution in [1.82, 2.24) is 10.2 Å². The second-order valence-electron chi connectivity index (χ2n) is 9.08. The molecule has 1 N–H and O–H groups in total. The van der Waals surface area contributed by atoms with Gasteiger partial charge in [-0.3, -0.25) is 13.9 Å². The third-order valence-electron chi connectivity index (χ3n) is 5.50. The van der Waals surface area contributed by atoms with Crippen LogP contribution in [0.3, 0.4) is 0 Å². The van der Waals surface area contributed by atoms with E-state index in [0.29, 0.717) is 21.3 Å². The van der Waals surface area contributed by atoms with E-state index in [1.807, 2.05) is 12.1 Å². The maximum atomic E-state index is 13.4. The zero-order valence-corrected chi connectivity index (χ0v) is 22.6. The van der Waals surface area contributed by atoms with Crippen LogP contribution in [0.1, 0.15) is 38.8 Å². The highest BCUT2D eigenvalue weighted by atomic mass is 35.5. The average molecular weight is 529 g/mol. The molecular weight excluding hydrogens is 497 g/mol. The van der Waals surface area contributed by atoms with Gasteiger partial charge in [-0.25, -0.2) is 8.42 Å². The molecule has 1 atom stereocenters. The van der Waals surface area contributed by atoms with Crippen molar-refractivity contribution in [3.63, 3.8) is 0 Å². The molecule has 2 aromatic carbocycles. The van der Waals surface area contributed by atoms with Crippen LogP contribution in [0.5, 0.6) is 0 Å². The quantitative estimate of drug-likeness (QED) is 0.556. The van der Waals surface area contributed by atoms with E-state index in [2.05, 4.69) is 26.1 Å². The molecule has 2 amide bonds. The highest BCUT2D eigenvalue weighted by Crippen LogP contribution is 2.28. The molecule has 0 spiro atoms. The van der Waals surface area contributed by atoms with Crippen molar-refractivity contribution in [3.05, 3.63) is 63.6 Å². The lowest BCUT2D eigenvalue weighted by Gasteiger charge is -2.31. The molecule has 0 aliphatic rings. The summed E-state index contributed by atoms with van der Waals surface area (Å²) < 4.78 is 26.3. The first-order valence-corrected chi connectivity index (χ1v) is 13.3. The van der Waals surface area contributed by atoms with Gasteiger partial charge < -0.3 is 10.2 Å². The monoisotopic (exact) mass is 527 g/mol. The van der Waals surface area contributed by atoms with E-state index in [9.17, 15) is 18.0 Å². The van der Waals surface area contributed by atoms with Crippen molar-refractivity contribution in [3.8, 4) is 0 Å². The van der Waals surface area contributed by atoms with E-state index in [1.165, 1.54) is 11.9 Å². The SMILES string of the molecule is CNC(=O)[C@@H](C)N(Cc1c(Cl)cccc1Cl)C(=O)CN(c1ccc(C(C)(C)C)cc1)S(C)(=O)=O. The van der Waals surface area contributed by atoms with E-state index in [-0.39, 0.29) is 12.0 Å². The minimum atomic E-state index is -3.80. The number of nitrogens with one attached hydrogen (secondary N) is 1. The lowest BCUT2D eigenvalue weighted by atomic mass is 9.87. The molecule has 2 rings (SSSR count). The lowest BCUT2D eigenvalue weighted by Crippen LogP contribution is -2.50. The number of hydrogen-bond acceptors (Lipinski definition) is 4. The van der Waals surface area contributed by atoms with Gasteiger partial charge in [0.25, 0.3) is 0 Å². The van der Waals surface area contributed by atoms with Crippen LogP contribution < -0.4 is 9.62 Å². The molecule has 0 saturated heterocycles. The standard InChI is InChI=1S/C24H31Cl2N3O4S/c1-16(23(31)27-5)28(14-19-20(25)8-7-9-21(19)26)22(30)15-29(34(6,32)33)18-12-10-17(11-13-18)24(2,3)4/h7-13,16H,14-15H2,1-6H3,(H,27,31)/t16-/m1/s1. The van der Waals surface area contributed by atoms with Crippen LogP contribution in [0.25, 0.3) is 0 Å². The Hall–Kier alpha value is -2.29. The fourth-order valence-corrected chi connectivity index (χ4v) is 4.75. The predicted molar refractivity (Wildman–Crippen MR) is 138 cm³/mol. The summed E-state index contributed by atoms with van der Waals surface area (Å²) in [6.45, 7) is 7.17. The average Bonchev–Trinajstić information content (AvgIpc) is 2.75. The molecule has 34 heavy (non-hydrogen) atoms. The zero-order chi connectivity index (χ0) is 25.8. The number of amides is 2. The molecule has 7 nitrogen and oxygen atoms in total. The van der Waals surface area contributed by atoms with Gasteiger partial charge >= 0.3 is 0 Å². The van der Waals surface area contributed by atoms with Crippen LogP contribution in [0.4, 0.5) is 5.69 Å². The van der Waals surface area contributed by atoms with Crippen molar-refractivity contribution < 1.29 is 18.0 Å². The fourth-order valence-electron chi connectivity index (χ4n) is 3.39. The molecule has 186 valence electrons. The van der Waals surface area contributed by atoms with Crippen LogP contribution in [-0.2, 0) is 31.6 Å². The van der Waals surface area contributed by atoms with Crippen LogP contribution in [0.2, 0.25) is 10.0 Å². The molecule has 2 aromatic rings. The largest absolute Gasteiger partial charge is 0.357 e. The van der Waals surface area contributed by atoms with Gasteiger partial charge in [0.1, 0.15) is 12.6 Å². The summed E-state index contributed by atoms with van der Waals surface area (Å²) in [5, 5.41) is 3.20. The molecule has 0 aliphatic carbocycles. The summed E-state index contributed by atoms with van der Waals surface area (Å²) in [5.41, 5.74) is 1.74. The van der Waals surface area contributed by atoms with Crippen LogP contribution in [-0.4, -0.2) is 51.0 Å². The van der Waals surface area contributed by atoms with Crippen molar-refractivity contribution in [2.45, 2.75) is 45.7 Å². The second kappa shape index (κ2) is 11.0. The van der Waals surface area contributed by atoms with Crippen molar-refractivity contribution in [2.24, 2.45) is 0 Å². The smallest absolute Gasteiger partial charge is 0.244 e. The number of carbonyl (C=O) groups excluding carboxylic acids is 2. The summed E-state index contributed by atoms with van der Waals surface area (Å²) in [5.74, 6) is -0.977. The Morgan fingerprint density at radius 1 is 1.03 bits per heavy atom. The number of likely N-dealkylation sites (N-methyl/N-ethyl adjacent to an activating group) is 1. The van der Waals surface area contributed by atoms with E-state index in [0.717, 1.165) is 16.1 Å². The number of anilines is 1. The Morgan fingerprint density at radius 3 is 2.00 bits per heavy atom. The summed E-state index contributed by atoms with van der Waals surface area (Å²) in [6, 6.07) is 11.1. The lowest BCUT2D eigenvalue weighted by molar-refractivity contribution is -0.139. The highest BCUT2D eigenvalue weighted by molar-refractivity contribution is 7.92. The summed E-state index contributed by atoms with van der Waals surface area (Å²) in [4.78, 5) is 27.1. The number of benzene rings is 2. The van der Waals surface area contributed by atoms with E-state index >= 15 is 0 Å². The molecule has 0 bridgehead atoms. The van der Waals surface area contributed by atoms with Gasteiger partial charge in [0.15, 0.2) is 0 Å². The zero-order valence-electron chi connectivity index (χ0n) is 20.2. The molecular formula is C24H31Cl2N3O4S. The number of sulfonamides is 1. The van der Waals surface area contributed by atoms with Crippen molar-refractivity contribution >= 4 is 50.7 Å². The molecule has 0 fully saturated rings. The molecule has 0 unspecified atom stereocenters. The third kappa shape index (κ3) is 6.87. The summed E-state index contributed by atoms with van der Waals surface area (Å²) >= 11 is 12.6. The Balaban J connectivity index is 2.44. The van der Waals surface area contributed by atoms with Crippen molar-refractivity contribution in [1.29, 1.82) is 0 Å². The van der Waals surface area contributed by atoms with Crippen molar-refractivity contribution in [2.75, 3.05) is 24.2 Å². The van der Waals surface area contributed by atoms with Gasteiger partial charge in [-0.15, -0.1) is 0 Å². The van der Waals surface area contributed by atoms with Gasteiger partial charge in [0.05, 0.1) is 11.9 Å². The van der Waals surface area contributed by atoms with Crippen LogP contribution in [0.15, 0.2) is 42.5 Å². The van der Waals surface area contributed by atoms with E-state index in [4.69, 9.17) is 23.2 Å². The molecule has 0 aromatic heterocycles. The number of hydrogen-bond donors (Lipinski definition) is 1. The molecule has 10 heteroatoms. The molecule has 0 heterocycles. The Kier molecular flexibility index (Phi) is 9.02. The van der Waals surface area contributed by atoms with E-state index < -0.39 is 34.4 Å². The highest BCUT2D eigenvalue weighted by Gasteiger charge is 2.30.